The summed E-state index contributed by atoms with van der Waals surface area (Å²) in [6.45, 7) is 10.4. The fourth-order valence-electron chi connectivity index (χ4n) is 2.37. The average Bonchev–Trinajstić information content (AvgIpc) is 2.77. The van der Waals surface area contributed by atoms with E-state index in [0.29, 0.717) is 11.8 Å². The van der Waals surface area contributed by atoms with Crippen molar-refractivity contribution in [2.45, 2.75) is 39.7 Å². The van der Waals surface area contributed by atoms with Crippen molar-refractivity contribution in [1.29, 1.82) is 0 Å². The Balaban J connectivity index is 2.06. The molecule has 0 radical (unpaired) electrons. The van der Waals surface area contributed by atoms with Gasteiger partial charge in [0.15, 0.2) is 0 Å². The topological polar surface area (TPSA) is 49.4 Å². The molecule has 0 aliphatic carbocycles. The number of sulfone groups is 1. The lowest BCUT2D eigenvalue weighted by Gasteiger charge is -2.20. The van der Waals surface area contributed by atoms with E-state index in [2.05, 4.69) is 24.1 Å². The lowest BCUT2D eigenvalue weighted by molar-refractivity contribution is 0.264. The second kappa shape index (κ2) is 7.46. The van der Waals surface area contributed by atoms with Crippen LogP contribution in [0.3, 0.4) is 0 Å². The summed E-state index contributed by atoms with van der Waals surface area (Å²) in [6, 6.07) is 0.643. The molecule has 1 rings (SSSR count). The van der Waals surface area contributed by atoms with E-state index in [1.165, 1.54) is 19.5 Å². The molecule has 1 fully saturated rings. The highest BCUT2D eigenvalue weighted by molar-refractivity contribution is 7.91. The van der Waals surface area contributed by atoms with E-state index in [4.69, 9.17) is 0 Å². The predicted octanol–water partition coefficient (Wildman–Crippen LogP) is 1.13. The summed E-state index contributed by atoms with van der Waals surface area (Å²) in [6.07, 6.45) is 2.00. The van der Waals surface area contributed by atoms with Crippen molar-refractivity contribution in [3.05, 3.63) is 0 Å². The Kier molecular flexibility index (Phi) is 6.60. The molecule has 4 nitrogen and oxygen atoms in total. The molecule has 1 unspecified atom stereocenters. The molecular formula is C13H28N2O2S. The predicted molar refractivity (Wildman–Crippen MR) is 76.6 cm³/mol. The maximum Gasteiger partial charge on any atom is 0.150 e. The fraction of sp³-hybridized carbons (Fsp3) is 1.00. The molecule has 0 aromatic heterocycles. The molecule has 0 spiro atoms. The zero-order chi connectivity index (χ0) is 13.6. The molecule has 0 aromatic rings. The third-order valence-electron chi connectivity index (χ3n) is 3.73. The molecule has 18 heavy (non-hydrogen) atoms. The average molecular weight is 276 g/mol. The van der Waals surface area contributed by atoms with Crippen molar-refractivity contribution < 1.29 is 8.42 Å². The van der Waals surface area contributed by atoms with Gasteiger partial charge in [0.2, 0.25) is 0 Å². The summed E-state index contributed by atoms with van der Waals surface area (Å²) in [5.41, 5.74) is 0. The van der Waals surface area contributed by atoms with Crippen molar-refractivity contribution in [1.82, 2.24) is 10.2 Å². The van der Waals surface area contributed by atoms with Gasteiger partial charge in [-0.3, -0.25) is 0 Å². The Morgan fingerprint density at radius 1 is 1.39 bits per heavy atom. The van der Waals surface area contributed by atoms with E-state index >= 15 is 0 Å². The molecule has 1 aliphatic heterocycles. The quantitative estimate of drug-likeness (QED) is 0.675. The van der Waals surface area contributed by atoms with E-state index in [-0.39, 0.29) is 5.75 Å². The zero-order valence-electron chi connectivity index (χ0n) is 12.0. The molecule has 1 aliphatic rings. The lowest BCUT2D eigenvalue weighted by Crippen LogP contribution is -2.31. The Morgan fingerprint density at radius 3 is 2.67 bits per heavy atom. The minimum atomic E-state index is -2.79. The number of hydrogen-bond donors (Lipinski definition) is 1. The highest BCUT2D eigenvalue weighted by atomic mass is 32.2. The van der Waals surface area contributed by atoms with Gasteiger partial charge in [-0.1, -0.05) is 6.92 Å². The Hall–Kier alpha value is -0.130. The largest absolute Gasteiger partial charge is 0.316 e. The number of hydrogen-bond acceptors (Lipinski definition) is 4. The van der Waals surface area contributed by atoms with Crippen LogP contribution in [-0.4, -0.2) is 57.0 Å². The molecule has 0 amide bonds. The molecule has 108 valence electrons. The molecule has 0 aromatic carbocycles. The summed E-state index contributed by atoms with van der Waals surface area (Å²) in [5.74, 6) is 1.31. The number of rotatable bonds is 8. The van der Waals surface area contributed by atoms with Crippen LogP contribution in [0.25, 0.3) is 0 Å². The third-order valence-corrected chi connectivity index (χ3v) is 5.52. The first-order valence-corrected chi connectivity index (χ1v) is 8.92. The van der Waals surface area contributed by atoms with Gasteiger partial charge in [0.1, 0.15) is 9.84 Å². The van der Waals surface area contributed by atoms with Gasteiger partial charge in [-0.25, -0.2) is 8.42 Å². The van der Waals surface area contributed by atoms with Gasteiger partial charge in [-0.2, -0.15) is 0 Å². The van der Waals surface area contributed by atoms with Crippen molar-refractivity contribution in [2.75, 3.05) is 37.7 Å². The summed E-state index contributed by atoms with van der Waals surface area (Å²) < 4.78 is 22.6. The smallest absolute Gasteiger partial charge is 0.150 e. The van der Waals surface area contributed by atoms with E-state index in [9.17, 15) is 8.42 Å². The van der Waals surface area contributed by atoms with E-state index in [0.717, 1.165) is 25.4 Å². The van der Waals surface area contributed by atoms with Crippen LogP contribution in [0.15, 0.2) is 0 Å². The van der Waals surface area contributed by atoms with Crippen molar-refractivity contribution in [2.24, 2.45) is 5.92 Å². The summed E-state index contributed by atoms with van der Waals surface area (Å²) in [5, 5.41) is 3.39. The molecule has 1 N–H and O–H groups in total. The van der Waals surface area contributed by atoms with Crippen LogP contribution in [0, 0.1) is 5.92 Å². The van der Waals surface area contributed by atoms with Crippen molar-refractivity contribution >= 4 is 9.84 Å². The van der Waals surface area contributed by atoms with Crippen LogP contribution in [-0.2, 0) is 9.84 Å². The van der Waals surface area contributed by atoms with Crippen LogP contribution in [0.5, 0.6) is 0 Å². The Morgan fingerprint density at radius 2 is 2.11 bits per heavy atom. The van der Waals surface area contributed by atoms with Crippen LogP contribution >= 0.6 is 0 Å². The monoisotopic (exact) mass is 276 g/mol. The summed E-state index contributed by atoms with van der Waals surface area (Å²) in [7, 11) is -2.79. The fourth-order valence-corrected chi connectivity index (χ4v) is 3.24. The minimum absolute atomic E-state index is 0.263. The molecule has 1 saturated heterocycles. The van der Waals surface area contributed by atoms with Crippen LogP contribution in [0.1, 0.15) is 33.6 Å². The van der Waals surface area contributed by atoms with Gasteiger partial charge in [-0.05, 0) is 52.2 Å². The number of likely N-dealkylation sites (tertiary alicyclic amines) is 1. The van der Waals surface area contributed by atoms with Gasteiger partial charge in [-0.15, -0.1) is 0 Å². The first-order valence-electron chi connectivity index (χ1n) is 7.09. The van der Waals surface area contributed by atoms with Crippen molar-refractivity contribution in [3.8, 4) is 0 Å². The zero-order valence-corrected chi connectivity index (χ0v) is 12.8. The second-order valence-electron chi connectivity index (χ2n) is 5.54. The molecule has 0 bridgehead atoms. The van der Waals surface area contributed by atoms with Crippen LogP contribution < -0.4 is 5.32 Å². The minimum Gasteiger partial charge on any atom is -0.316 e. The van der Waals surface area contributed by atoms with E-state index in [1.807, 2.05) is 0 Å². The SMILES string of the molecule is CCS(=O)(=O)CCCNCC1CCN(C(C)C)C1. The lowest BCUT2D eigenvalue weighted by atomic mass is 10.1. The third kappa shape index (κ3) is 5.67. The number of nitrogens with zero attached hydrogens (tertiary/aromatic N) is 1. The molecule has 0 saturated carbocycles. The maximum absolute atomic E-state index is 11.3. The van der Waals surface area contributed by atoms with Crippen LogP contribution in [0.2, 0.25) is 0 Å². The molecule has 1 heterocycles. The maximum atomic E-state index is 11.3. The molecule has 5 heteroatoms. The number of nitrogens with one attached hydrogen (secondary N) is 1. The second-order valence-corrected chi connectivity index (χ2v) is 8.01. The van der Waals surface area contributed by atoms with Gasteiger partial charge in [0.05, 0.1) is 5.75 Å². The molecule has 1 atom stereocenters. The Bertz CT molecular complexity index is 328. The van der Waals surface area contributed by atoms with Gasteiger partial charge in [0.25, 0.3) is 0 Å². The van der Waals surface area contributed by atoms with Gasteiger partial charge < -0.3 is 10.2 Å². The van der Waals surface area contributed by atoms with E-state index < -0.39 is 9.84 Å². The van der Waals surface area contributed by atoms with Gasteiger partial charge >= 0.3 is 0 Å². The normalized spacial score (nSPS) is 21.9. The highest BCUT2D eigenvalue weighted by Crippen LogP contribution is 2.17. The van der Waals surface area contributed by atoms with Gasteiger partial charge in [0, 0.05) is 18.3 Å². The van der Waals surface area contributed by atoms with E-state index in [1.54, 1.807) is 6.92 Å². The standard InChI is InChI=1S/C13H28N2O2S/c1-4-18(16,17)9-5-7-14-10-13-6-8-15(11-13)12(2)3/h12-14H,4-11H2,1-3H3. The first-order chi connectivity index (χ1) is 8.44. The first kappa shape index (κ1) is 15.9. The van der Waals surface area contributed by atoms with Crippen molar-refractivity contribution in [3.63, 3.8) is 0 Å². The summed E-state index contributed by atoms with van der Waals surface area (Å²) >= 11 is 0. The van der Waals surface area contributed by atoms with Crippen LogP contribution in [0.4, 0.5) is 0 Å². The summed E-state index contributed by atoms with van der Waals surface area (Å²) in [4.78, 5) is 2.51. The molecular weight excluding hydrogens is 248 g/mol. The highest BCUT2D eigenvalue weighted by Gasteiger charge is 2.23. The Labute approximate surface area is 112 Å².